The van der Waals surface area contributed by atoms with Crippen molar-refractivity contribution in [3.05, 3.63) is 60.0 Å². The minimum Gasteiger partial charge on any atom is -0.493 e. The van der Waals surface area contributed by atoms with Gasteiger partial charge < -0.3 is 19.0 Å². The molecule has 1 saturated heterocycles. The summed E-state index contributed by atoms with van der Waals surface area (Å²) in [5.41, 5.74) is 3.10. The molecular weight excluding hydrogens is 407 g/mol. The lowest BCUT2D eigenvalue weighted by Gasteiger charge is -2.21. The number of rotatable bonds is 9. The molecular formula is C25H29FN4O2. The van der Waals surface area contributed by atoms with Gasteiger partial charge in [0.2, 0.25) is 11.8 Å². The number of benzene rings is 2. The summed E-state index contributed by atoms with van der Waals surface area (Å²) >= 11 is 0. The molecule has 1 fully saturated rings. The number of hydrogen-bond acceptors (Lipinski definition) is 6. The van der Waals surface area contributed by atoms with Crippen molar-refractivity contribution in [1.29, 1.82) is 0 Å². The topological polar surface area (TPSA) is 54.6 Å². The Morgan fingerprint density at radius 2 is 1.88 bits per heavy atom. The molecule has 0 bridgehead atoms. The van der Waals surface area contributed by atoms with Crippen LogP contribution in [-0.2, 0) is 0 Å². The summed E-state index contributed by atoms with van der Waals surface area (Å²) in [7, 11) is 4.28. The number of nitrogens with zero attached hydrogens (tertiary/aromatic N) is 4. The summed E-state index contributed by atoms with van der Waals surface area (Å²) in [6.45, 7) is 2.13. The van der Waals surface area contributed by atoms with Gasteiger partial charge in [0.25, 0.3) is 0 Å². The Labute approximate surface area is 188 Å². The smallest absolute Gasteiger partial charge is 0.248 e. The van der Waals surface area contributed by atoms with E-state index in [0.717, 1.165) is 30.0 Å². The Balaban J connectivity index is 1.35. The highest BCUT2D eigenvalue weighted by atomic mass is 19.1. The second-order valence-electron chi connectivity index (χ2n) is 8.14. The summed E-state index contributed by atoms with van der Waals surface area (Å²) < 4.78 is 23.4. The van der Waals surface area contributed by atoms with Crippen LogP contribution in [0.2, 0.25) is 0 Å². The van der Waals surface area contributed by atoms with Crippen molar-refractivity contribution < 1.29 is 13.5 Å². The highest BCUT2D eigenvalue weighted by Gasteiger charge is 2.24. The van der Waals surface area contributed by atoms with E-state index in [0.29, 0.717) is 30.9 Å². The SMILES string of the molecule is CN(C)C1CCN(c2ccc(-c3nnc(C=Cc4ccc(OCCCF)cc4)o3)cc2)C1. The molecule has 0 amide bonds. The van der Waals surface area contributed by atoms with Crippen LogP contribution < -0.4 is 9.64 Å². The van der Waals surface area contributed by atoms with Gasteiger partial charge in [-0.15, -0.1) is 10.2 Å². The van der Waals surface area contributed by atoms with Gasteiger partial charge in [-0.25, -0.2) is 0 Å². The molecule has 0 N–H and O–H groups in total. The van der Waals surface area contributed by atoms with E-state index in [1.807, 2.05) is 42.5 Å². The van der Waals surface area contributed by atoms with Crippen molar-refractivity contribution in [2.45, 2.75) is 18.9 Å². The van der Waals surface area contributed by atoms with Gasteiger partial charge >= 0.3 is 0 Å². The molecule has 3 aromatic rings. The van der Waals surface area contributed by atoms with Gasteiger partial charge in [0, 0.05) is 42.9 Å². The molecule has 1 unspecified atom stereocenters. The van der Waals surface area contributed by atoms with Gasteiger partial charge in [0.15, 0.2) is 0 Å². The van der Waals surface area contributed by atoms with E-state index >= 15 is 0 Å². The molecule has 1 aliphatic rings. The van der Waals surface area contributed by atoms with E-state index < -0.39 is 0 Å². The van der Waals surface area contributed by atoms with E-state index in [1.165, 1.54) is 12.1 Å². The lowest BCUT2D eigenvalue weighted by molar-refractivity contribution is 0.289. The average molecular weight is 437 g/mol. The first kappa shape index (κ1) is 22.0. The molecule has 6 nitrogen and oxygen atoms in total. The molecule has 0 saturated carbocycles. The highest BCUT2D eigenvalue weighted by molar-refractivity contribution is 5.67. The molecule has 4 rings (SSSR count). The van der Waals surface area contributed by atoms with E-state index in [1.54, 1.807) is 6.08 Å². The maximum Gasteiger partial charge on any atom is 0.248 e. The van der Waals surface area contributed by atoms with Gasteiger partial charge in [-0.2, -0.15) is 0 Å². The molecule has 32 heavy (non-hydrogen) atoms. The first-order valence-corrected chi connectivity index (χ1v) is 10.9. The van der Waals surface area contributed by atoms with Crippen molar-refractivity contribution >= 4 is 17.8 Å². The van der Waals surface area contributed by atoms with E-state index in [2.05, 4.69) is 46.2 Å². The lowest BCUT2D eigenvalue weighted by atomic mass is 10.2. The van der Waals surface area contributed by atoms with Crippen LogP contribution in [0.1, 0.15) is 24.3 Å². The second-order valence-corrected chi connectivity index (χ2v) is 8.14. The van der Waals surface area contributed by atoms with Crippen LogP contribution in [0.5, 0.6) is 5.75 Å². The fraction of sp³-hybridized carbons (Fsp3) is 0.360. The molecule has 168 valence electrons. The van der Waals surface area contributed by atoms with E-state index in [9.17, 15) is 4.39 Å². The minimum atomic E-state index is -0.368. The fourth-order valence-electron chi connectivity index (χ4n) is 3.72. The van der Waals surface area contributed by atoms with Gasteiger partial charge in [-0.1, -0.05) is 12.1 Å². The quantitative estimate of drug-likeness (QED) is 0.450. The Hall–Kier alpha value is -3.19. The highest BCUT2D eigenvalue weighted by Crippen LogP contribution is 2.26. The predicted octanol–water partition coefficient (Wildman–Crippen LogP) is 4.79. The second kappa shape index (κ2) is 10.4. The number of likely N-dealkylation sites (N-methyl/N-ethyl adjacent to an activating group) is 1. The van der Waals surface area contributed by atoms with Gasteiger partial charge in [0.1, 0.15) is 5.75 Å². The monoisotopic (exact) mass is 436 g/mol. The third-order valence-corrected chi connectivity index (χ3v) is 5.66. The van der Waals surface area contributed by atoms with Crippen LogP contribution in [0.4, 0.5) is 10.1 Å². The normalized spacial score (nSPS) is 16.4. The molecule has 0 spiro atoms. The third kappa shape index (κ3) is 5.53. The number of halogens is 1. The molecule has 2 aromatic carbocycles. The van der Waals surface area contributed by atoms with Gasteiger partial charge in [-0.3, -0.25) is 4.39 Å². The maximum absolute atomic E-state index is 12.1. The summed E-state index contributed by atoms with van der Waals surface area (Å²) in [6.07, 6.45) is 5.28. The number of anilines is 1. The summed E-state index contributed by atoms with van der Waals surface area (Å²) in [6, 6.07) is 16.5. The third-order valence-electron chi connectivity index (χ3n) is 5.66. The number of aromatic nitrogens is 2. The van der Waals surface area contributed by atoms with Crippen LogP contribution in [0.25, 0.3) is 23.6 Å². The zero-order chi connectivity index (χ0) is 22.3. The Kier molecular flexibility index (Phi) is 7.17. The Bertz CT molecular complexity index is 1020. The van der Waals surface area contributed by atoms with Crippen molar-refractivity contribution in [1.82, 2.24) is 15.1 Å². The van der Waals surface area contributed by atoms with Crippen LogP contribution in [0.3, 0.4) is 0 Å². The Morgan fingerprint density at radius 3 is 2.56 bits per heavy atom. The number of alkyl halides is 1. The summed E-state index contributed by atoms with van der Waals surface area (Å²) in [5.74, 6) is 1.67. The van der Waals surface area contributed by atoms with Crippen LogP contribution in [0, 0.1) is 0 Å². The molecule has 2 heterocycles. The minimum absolute atomic E-state index is 0.368. The fourth-order valence-corrected chi connectivity index (χ4v) is 3.72. The molecule has 0 aliphatic carbocycles. The zero-order valence-corrected chi connectivity index (χ0v) is 18.6. The first-order chi connectivity index (χ1) is 15.6. The van der Waals surface area contributed by atoms with Crippen molar-refractivity contribution in [3.63, 3.8) is 0 Å². The largest absolute Gasteiger partial charge is 0.493 e. The molecule has 1 atom stereocenters. The van der Waals surface area contributed by atoms with Gasteiger partial charge in [-0.05, 0) is 68.6 Å². The molecule has 0 radical (unpaired) electrons. The summed E-state index contributed by atoms with van der Waals surface area (Å²) in [4.78, 5) is 4.70. The predicted molar refractivity (Wildman–Crippen MR) is 125 cm³/mol. The van der Waals surface area contributed by atoms with E-state index in [-0.39, 0.29) is 6.67 Å². The average Bonchev–Trinajstić information content (AvgIpc) is 3.49. The standard InChI is InChI=1S/C25H29FN4O2/c1-29(2)22-14-16-30(18-22)21-9-7-20(8-10-21)25-28-27-24(32-25)13-6-19-4-11-23(12-5-19)31-17-3-15-26/h4-13,22H,3,14-18H2,1-2H3. The van der Waals surface area contributed by atoms with Crippen LogP contribution in [0.15, 0.2) is 52.9 Å². The van der Waals surface area contributed by atoms with Crippen LogP contribution >= 0.6 is 0 Å². The maximum atomic E-state index is 12.1. The lowest BCUT2D eigenvalue weighted by Crippen LogP contribution is -2.31. The summed E-state index contributed by atoms with van der Waals surface area (Å²) in [5, 5.41) is 8.30. The van der Waals surface area contributed by atoms with Crippen LogP contribution in [-0.4, -0.2) is 61.6 Å². The van der Waals surface area contributed by atoms with Crippen molar-refractivity contribution in [2.24, 2.45) is 0 Å². The first-order valence-electron chi connectivity index (χ1n) is 10.9. The van der Waals surface area contributed by atoms with Crippen molar-refractivity contribution in [3.8, 4) is 17.2 Å². The molecule has 7 heteroatoms. The zero-order valence-electron chi connectivity index (χ0n) is 18.6. The molecule has 1 aliphatic heterocycles. The van der Waals surface area contributed by atoms with Crippen molar-refractivity contribution in [2.75, 3.05) is 45.4 Å². The number of ether oxygens (including phenoxy) is 1. The van der Waals surface area contributed by atoms with Gasteiger partial charge in [0.05, 0.1) is 13.3 Å². The Morgan fingerprint density at radius 1 is 1.09 bits per heavy atom. The number of hydrogen-bond donors (Lipinski definition) is 0. The molecule has 1 aromatic heterocycles. The van der Waals surface area contributed by atoms with E-state index in [4.69, 9.17) is 9.15 Å².